The molecule has 1 aliphatic rings. The van der Waals surface area contributed by atoms with Gasteiger partial charge >= 0.3 is 0 Å². The predicted molar refractivity (Wildman–Crippen MR) is 73.7 cm³/mol. The third-order valence-corrected chi connectivity index (χ3v) is 4.64. The van der Waals surface area contributed by atoms with Crippen molar-refractivity contribution in [1.82, 2.24) is 5.32 Å². The highest BCUT2D eigenvalue weighted by molar-refractivity contribution is 7.12. The van der Waals surface area contributed by atoms with E-state index >= 15 is 0 Å². The number of nitrogens with one attached hydrogen (secondary N) is 1. The Kier molecular flexibility index (Phi) is 4.23. The minimum absolute atomic E-state index is 0.275. The second-order valence-electron chi connectivity index (χ2n) is 5.81. The van der Waals surface area contributed by atoms with Crippen molar-refractivity contribution in [3.05, 3.63) is 21.9 Å². The van der Waals surface area contributed by atoms with E-state index in [0.29, 0.717) is 6.04 Å². The first kappa shape index (κ1) is 13.1. The molecule has 1 aliphatic heterocycles. The average molecular weight is 253 g/mol. The van der Waals surface area contributed by atoms with Crippen LogP contribution in [0.3, 0.4) is 0 Å². The summed E-state index contributed by atoms with van der Waals surface area (Å²) in [6.07, 6.45) is 2.44. The summed E-state index contributed by atoms with van der Waals surface area (Å²) < 4.78 is 5.47. The van der Waals surface area contributed by atoms with Crippen molar-refractivity contribution in [2.75, 3.05) is 13.2 Å². The number of hydrogen-bond acceptors (Lipinski definition) is 3. The minimum atomic E-state index is 0.275. The highest BCUT2D eigenvalue weighted by atomic mass is 32.1. The number of rotatable bonds is 3. The maximum Gasteiger partial charge on any atom is 0.0619 e. The Hall–Kier alpha value is -0.380. The van der Waals surface area contributed by atoms with E-state index in [1.54, 1.807) is 0 Å². The fourth-order valence-corrected chi connectivity index (χ4v) is 3.04. The monoisotopic (exact) mass is 253 g/mol. The van der Waals surface area contributed by atoms with E-state index in [9.17, 15) is 0 Å². The molecule has 1 atom stereocenters. The van der Waals surface area contributed by atoms with Crippen LogP contribution in [0.5, 0.6) is 0 Å². The van der Waals surface area contributed by atoms with E-state index in [1.807, 2.05) is 11.3 Å². The molecule has 0 saturated carbocycles. The molecular formula is C14H23NOS. The van der Waals surface area contributed by atoms with Gasteiger partial charge in [-0.3, -0.25) is 0 Å². The Morgan fingerprint density at radius 1 is 1.41 bits per heavy atom. The fraction of sp³-hybridized carbons (Fsp3) is 0.714. The second-order valence-corrected chi connectivity index (χ2v) is 6.98. The standard InChI is InChI=1S/C14H23NOS/c1-14(2,3)13-7-6-12(17-13)9-15-11-5-4-8-16-10-11/h6-7,11,15H,4-5,8-10H2,1-3H3. The Morgan fingerprint density at radius 3 is 2.82 bits per heavy atom. The molecule has 0 radical (unpaired) electrons. The van der Waals surface area contributed by atoms with E-state index in [2.05, 4.69) is 38.2 Å². The van der Waals surface area contributed by atoms with Crippen molar-refractivity contribution < 1.29 is 4.74 Å². The van der Waals surface area contributed by atoms with Gasteiger partial charge in [0.25, 0.3) is 0 Å². The first-order valence-electron chi connectivity index (χ1n) is 6.46. The number of ether oxygens (including phenoxy) is 1. The molecule has 96 valence electrons. The molecule has 0 aromatic carbocycles. The predicted octanol–water partition coefficient (Wildman–Crippen LogP) is 3.31. The zero-order chi connectivity index (χ0) is 12.3. The fourth-order valence-electron chi connectivity index (χ4n) is 2.02. The lowest BCUT2D eigenvalue weighted by atomic mass is 9.95. The van der Waals surface area contributed by atoms with Crippen LogP contribution in [0.15, 0.2) is 12.1 Å². The van der Waals surface area contributed by atoms with Gasteiger partial charge in [0.05, 0.1) is 6.61 Å². The summed E-state index contributed by atoms with van der Waals surface area (Å²) in [7, 11) is 0. The molecule has 0 aliphatic carbocycles. The summed E-state index contributed by atoms with van der Waals surface area (Å²) in [5.41, 5.74) is 0.275. The van der Waals surface area contributed by atoms with Gasteiger partial charge in [0.15, 0.2) is 0 Å². The van der Waals surface area contributed by atoms with Crippen molar-refractivity contribution >= 4 is 11.3 Å². The maximum atomic E-state index is 5.47. The van der Waals surface area contributed by atoms with Crippen LogP contribution in [-0.2, 0) is 16.7 Å². The second kappa shape index (κ2) is 5.51. The summed E-state index contributed by atoms with van der Waals surface area (Å²) >= 11 is 1.93. The molecule has 0 bridgehead atoms. The first-order chi connectivity index (χ1) is 8.05. The zero-order valence-electron chi connectivity index (χ0n) is 11.1. The van der Waals surface area contributed by atoms with Crippen LogP contribution < -0.4 is 5.32 Å². The molecule has 17 heavy (non-hydrogen) atoms. The Morgan fingerprint density at radius 2 is 2.24 bits per heavy atom. The Balaban J connectivity index is 1.84. The summed E-state index contributed by atoms with van der Waals surface area (Å²) in [5, 5.41) is 3.59. The van der Waals surface area contributed by atoms with Gasteiger partial charge in [-0.2, -0.15) is 0 Å². The van der Waals surface area contributed by atoms with Crippen LogP contribution in [0, 0.1) is 0 Å². The van der Waals surface area contributed by atoms with Gasteiger partial charge in [0.1, 0.15) is 0 Å². The summed E-state index contributed by atoms with van der Waals surface area (Å²) in [6.45, 7) is 9.60. The molecule has 1 aromatic heterocycles. The van der Waals surface area contributed by atoms with Gasteiger partial charge in [0.2, 0.25) is 0 Å². The van der Waals surface area contributed by atoms with Crippen LogP contribution in [0.2, 0.25) is 0 Å². The lowest BCUT2D eigenvalue weighted by Gasteiger charge is -2.22. The molecule has 2 rings (SSSR count). The van der Waals surface area contributed by atoms with Gasteiger partial charge in [0, 0.05) is 28.9 Å². The highest BCUT2D eigenvalue weighted by Gasteiger charge is 2.17. The van der Waals surface area contributed by atoms with Crippen molar-refractivity contribution in [1.29, 1.82) is 0 Å². The third-order valence-electron chi connectivity index (χ3n) is 3.13. The topological polar surface area (TPSA) is 21.3 Å². The minimum Gasteiger partial charge on any atom is -0.380 e. The van der Waals surface area contributed by atoms with Crippen molar-refractivity contribution in [3.8, 4) is 0 Å². The van der Waals surface area contributed by atoms with Crippen LogP contribution in [0.25, 0.3) is 0 Å². The Bertz CT molecular complexity index is 347. The van der Waals surface area contributed by atoms with Gasteiger partial charge in [-0.25, -0.2) is 0 Å². The average Bonchev–Trinajstić information content (AvgIpc) is 2.76. The SMILES string of the molecule is CC(C)(C)c1ccc(CNC2CCCOC2)s1. The van der Waals surface area contributed by atoms with Crippen LogP contribution in [0.1, 0.15) is 43.4 Å². The van der Waals surface area contributed by atoms with Gasteiger partial charge in [-0.1, -0.05) is 20.8 Å². The molecule has 1 unspecified atom stereocenters. The maximum absolute atomic E-state index is 5.47. The Labute approximate surface area is 108 Å². The van der Waals surface area contributed by atoms with Crippen molar-refractivity contribution in [3.63, 3.8) is 0 Å². The van der Waals surface area contributed by atoms with Crippen molar-refractivity contribution in [2.45, 2.75) is 51.6 Å². The van der Waals surface area contributed by atoms with E-state index in [1.165, 1.54) is 22.6 Å². The molecule has 1 N–H and O–H groups in total. The van der Waals surface area contributed by atoms with E-state index in [4.69, 9.17) is 4.74 Å². The van der Waals surface area contributed by atoms with Crippen LogP contribution in [-0.4, -0.2) is 19.3 Å². The molecule has 2 nitrogen and oxygen atoms in total. The van der Waals surface area contributed by atoms with Crippen LogP contribution >= 0.6 is 11.3 Å². The lowest BCUT2D eigenvalue weighted by Crippen LogP contribution is -2.36. The molecule has 1 fully saturated rings. The number of thiophene rings is 1. The number of hydrogen-bond donors (Lipinski definition) is 1. The summed E-state index contributed by atoms with van der Waals surface area (Å²) in [4.78, 5) is 2.90. The lowest BCUT2D eigenvalue weighted by molar-refractivity contribution is 0.0700. The molecular weight excluding hydrogens is 230 g/mol. The van der Waals surface area contributed by atoms with Gasteiger partial charge in [-0.05, 0) is 30.4 Å². The van der Waals surface area contributed by atoms with Crippen molar-refractivity contribution in [2.24, 2.45) is 0 Å². The molecule has 0 amide bonds. The van der Waals surface area contributed by atoms with E-state index in [-0.39, 0.29) is 5.41 Å². The smallest absolute Gasteiger partial charge is 0.0619 e. The molecule has 1 saturated heterocycles. The molecule has 2 heterocycles. The molecule has 0 spiro atoms. The van der Waals surface area contributed by atoms with E-state index < -0.39 is 0 Å². The first-order valence-corrected chi connectivity index (χ1v) is 7.28. The summed E-state index contributed by atoms with van der Waals surface area (Å²) in [6, 6.07) is 5.06. The zero-order valence-corrected chi connectivity index (χ0v) is 11.9. The van der Waals surface area contributed by atoms with E-state index in [0.717, 1.165) is 19.8 Å². The van der Waals surface area contributed by atoms with Gasteiger partial charge < -0.3 is 10.1 Å². The van der Waals surface area contributed by atoms with Crippen LogP contribution in [0.4, 0.5) is 0 Å². The highest BCUT2D eigenvalue weighted by Crippen LogP contribution is 2.29. The third kappa shape index (κ3) is 3.80. The molecule has 1 aromatic rings. The molecule has 3 heteroatoms. The van der Waals surface area contributed by atoms with Gasteiger partial charge in [-0.15, -0.1) is 11.3 Å². The quantitative estimate of drug-likeness (QED) is 0.892. The normalized spacial score (nSPS) is 21.7. The summed E-state index contributed by atoms with van der Waals surface area (Å²) in [5.74, 6) is 0. The largest absolute Gasteiger partial charge is 0.380 e.